The predicted octanol–water partition coefficient (Wildman–Crippen LogP) is 11.2. The van der Waals surface area contributed by atoms with E-state index in [1.165, 1.54) is 5.69 Å². The number of ketones is 2. The summed E-state index contributed by atoms with van der Waals surface area (Å²) < 4.78 is 67.8. The Hall–Kier alpha value is -5.66. The van der Waals surface area contributed by atoms with E-state index in [2.05, 4.69) is 81.0 Å². The Labute approximate surface area is 431 Å². The molecule has 2 aromatic heterocycles. The number of carbonyl (C=O) groups excluding carboxylic acids is 2. The van der Waals surface area contributed by atoms with Crippen LogP contribution in [0.1, 0.15) is 141 Å². The van der Waals surface area contributed by atoms with Gasteiger partial charge in [0.2, 0.25) is 13.5 Å². The minimum atomic E-state index is -2.19. The molecule has 0 amide bonds. The van der Waals surface area contributed by atoms with Crippen LogP contribution in [-0.2, 0) is 66.7 Å². The van der Waals surface area contributed by atoms with Crippen molar-refractivity contribution in [3.8, 4) is 23.0 Å². The zero-order valence-corrected chi connectivity index (χ0v) is 42.9. The van der Waals surface area contributed by atoms with Crippen LogP contribution in [0.25, 0.3) is 21.8 Å². The minimum Gasteiger partial charge on any atom is -0.454 e. The highest BCUT2D eigenvalue weighted by Gasteiger charge is 2.52. The Bertz CT molecular complexity index is 3150. The number of aliphatic hydroxyl groups excluding tert-OH is 2. The molecule has 6 aromatic rings. The zero-order chi connectivity index (χ0) is 54.3. The van der Waals surface area contributed by atoms with Crippen LogP contribution >= 0.6 is 0 Å². The Morgan fingerprint density at radius 2 is 1.11 bits per heavy atom. The van der Waals surface area contributed by atoms with Crippen molar-refractivity contribution in [3.05, 3.63) is 119 Å². The van der Waals surface area contributed by atoms with Gasteiger partial charge in [-0.25, -0.2) is 0 Å². The smallest absolute Gasteiger partial charge is 0.231 e. The summed E-state index contributed by atoms with van der Waals surface area (Å²) in [6.45, 7) is 17.8. The van der Waals surface area contributed by atoms with Gasteiger partial charge in [0, 0.05) is 56.9 Å². The number of Topliss-reactive ketones (excluding diaryl/α,β-unsaturated/α-hetero) is 2. The maximum Gasteiger partial charge on any atom is 0.231 e. The van der Waals surface area contributed by atoms with E-state index in [9.17, 15) is 19.8 Å². The van der Waals surface area contributed by atoms with E-state index in [0.717, 1.165) is 75.4 Å². The standard InChI is InChI=1S/C30H35NO5.C27H31NO5.C2H6.CH4/c1-28(2,3)26-14-20-12-19(6-8-23(20)31(26)16-22-17-35-29(4,5)36-22)13-27(32)30(10-11-30)21-7-9-24-25(15-21)34-18-33-24;1-26(2,3)24-12-18-10-17(4-6-21(18)28(24)14-20(30)15-29)11-25(31)27(8-9-27)19-5-7-22-23(13-19)33-16-32-22;1-2;/h6-9,12,14-15,22H,10-11,13,16-18H2,1-5H3;4-7,10,12-13,20,29-30H,8-9,11,14-16H2,1-3H3;1-2H3;1H4/t22-;20-;;/m11../s1/i18D2;16D2;;. The maximum absolute atomic E-state index is 13.6. The van der Waals surface area contributed by atoms with Gasteiger partial charge in [0.05, 0.1) is 43.2 Å². The fraction of sp³-hybridized carbons (Fsp3) is 0.500. The zero-order valence-electron chi connectivity index (χ0n) is 46.9. The molecule has 3 fully saturated rings. The molecule has 5 heterocycles. The molecule has 0 radical (unpaired) electrons. The largest absolute Gasteiger partial charge is 0.454 e. The highest BCUT2D eigenvalue weighted by atomic mass is 16.7. The van der Waals surface area contributed by atoms with Crippen LogP contribution in [-0.4, -0.2) is 75.6 Å². The number of hydrogen-bond donors (Lipinski definition) is 2. The van der Waals surface area contributed by atoms with Crippen LogP contribution in [0, 0.1) is 0 Å². The topological polar surface area (TPSA) is 140 Å². The number of benzene rings is 4. The molecule has 4 aromatic carbocycles. The predicted molar refractivity (Wildman–Crippen MR) is 282 cm³/mol. The van der Waals surface area contributed by atoms with Gasteiger partial charge in [0.15, 0.2) is 28.8 Å². The van der Waals surface area contributed by atoms with Gasteiger partial charge >= 0.3 is 0 Å². The number of nitrogens with zero attached hydrogens (tertiary/aromatic N) is 2. The molecule has 2 atom stereocenters. The third-order valence-electron chi connectivity index (χ3n) is 14.4. The Balaban J connectivity index is 0.000000193. The number of aliphatic hydroxyl groups is 2. The summed E-state index contributed by atoms with van der Waals surface area (Å²) in [7, 11) is 0. The quantitative estimate of drug-likeness (QED) is 0.115. The van der Waals surface area contributed by atoms with Crippen LogP contribution in [0.4, 0.5) is 0 Å². The van der Waals surface area contributed by atoms with Gasteiger partial charge in [-0.3, -0.25) is 9.59 Å². The number of rotatable bonds is 13. The third kappa shape index (κ3) is 10.4. The summed E-state index contributed by atoms with van der Waals surface area (Å²) in [6.07, 6.45) is 2.84. The van der Waals surface area contributed by atoms with Crippen molar-refractivity contribution in [2.24, 2.45) is 0 Å². The first-order valence-electron chi connectivity index (χ1n) is 27.1. The average Bonchev–Trinajstić information content (AvgIpc) is 4.14. The number of fused-ring (bicyclic) bond motifs is 4. The van der Waals surface area contributed by atoms with E-state index in [1.807, 2.05) is 58.0 Å². The van der Waals surface area contributed by atoms with Gasteiger partial charge in [-0.1, -0.05) is 87.1 Å². The molecule has 72 heavy (non-hydrogen) atoms. The van der Waals surface area contributed by atoms with E-state index in [-0.39, 0.29) is 42.5 Å². The lowest BCUT2D eigenvalue weighted by Crippen LogP contribution is -2.26. The molecule has 5 aliphatic rings. The Morgan fingerprint density at radius 3 is 1.53 bits per heavy atom. The van der Waals surface area contributed by atoms with E-state index in [4.69, 9.17) is 33.9 Å². The summed E-state index contributed by atoms with van der Waals surface area (Å²) in [5.74, 6) is 1.13. The SMILES string of the molecule is C.CC.[2H]C1([2H])Oc2ccc(C3(C(=O)Cc4ccc5c(c4)cc(C(C)(C)C)n5C[C@@H](O)CO)CC3)cc2O1.[2H]C1([2H])Oc2ccc(C3(C(=O)Cc4ccc5c(c4)cc(C(C)(C)C)n5C[C@@H]4COC(C)(C)O4)CC3)cc2O1. The van der Waals surface area contributed by atoms with Crippen LogP contribution < -0.4 is 18.9 Å². The molecule has 11 rings (SSSR count). The first kappa shape index (κ1) is 47.4. The van der Waals surface area contributed by atoms with Gasteiger partial charge in [-0.05, 0) is 122 Å². The van der Waals surface area contributed by atoms with Crippen LogP contribution in [0.5, 0.6) is 23.0 Å². The lowest BCUT2D eigenvalue weighted by molar-refractivity contribution is -0.139. The van der Waals surface area contributed by atoms with Crippen molar-refractivity contribution in [2.45, 2.75) is 168 Å². The highest BCUT2D eigenvalue weighted by molar-refractivity contribution is 5.96. The number of ether oxygens (including phenoxy) is 6. The molecule has 0 unspecified atom stereocenters. The lowest BCUT2D eigenvalue weighted by atomic mass is 9.87. The van der Waals surface area contributed by atoms with E-state index in [1.54, 1.807) is 24.3 Å². The molecule has 2 saturated carbocycles. The molecule has 1 saturated heterocycles. The lowest BCUT2D eigenvalue weighted by Gasteiger charge is -2.24. The summed E-state index contributed by atoms with van der Waals surface area (Å²) >= 11 is 0. The van der Waals surface area contributed by atoms with Crippen molar-refractivity contribution < 1.29 is 53.7 Å². The van der Waals surface area contributed by atoms with Crippen LogP contribution in [0.2, 0.25) is 0 Å². The molecule has 0 bridgehead atoms. The van der Waals surface area contributed by atoms with Gasteiger partial charge < -0.3 is 47.8 Å². The van der Waals surface area contributed by atoms with Gasteiger partial charge in [-0.2, -0.15) is 0 Å². The van der Waals surface area contributed by atoms with Gasteiger partial charge in [-0.15, -0.1) is 0 Å². The first-order valence-corrected chi connectivity index (χ1v) is 25.1. The monoisotopic (exact) mass is 989 g/mol. The Morgan fingerprint density at radius 1 is 0.667 bits per heavy atom. The molecule has 3 aliphatic heterocycles. The average molecular weight is 989 g/mol. The third-order valence-corrected chi connectivity index (χ3v) is 14.4. The van der Waals surface area contributed by atoms with Crippen molar-refractivity contribution >= 4 is 33.4 Å². The number of carbonyl (C=O) groups is 2. The second-order valence-electron chi connectivity index (χ2n) is 22.1. The maximum atomic E-state index is 13.6. The van der Waals surface area contributed by atoms with Crippen molar-refractivity contribution in [3.63, 3.8) is 0 Å². The van der Waals surface area contributed by atoms with Crippen LogP contribution in [0.3, 0.4) is 0 Å². The molecule has 12 heteroatoms. The highest BCUT2D eigenvalue weighted by Crippen LogP contribution is 2.53. The molecule has 2 aliphatic carbocycles. The van der Waals surface area contributed by atoms with E-state index < -0.39 is 36.2 Å². The van der Waals surface area contributed by atoms with Crippen molar-refractivity contribution in [1.82, 2.24) is 9.13 Å². The molecular weight excluding hydrogens is 909 g/mol. The minimum absolute atomic E-state index is 0. The number of aromatic nitrogens is 2. The fourth-order valence-electron chi connectivity index (χ4n) is 10.4. The summed E-state index contributed by atoms with van der Waals surface area (Å²) in [6, 6.07) is 27.2. The normalized spacial score (nSPS) is 21.1. The molecule has 386 valence electrons. The van der Waals surface area contributed by atoms with E-state index >= 15 is 0 Å². The molecule has 12 nitrogen and oxygen atoms in total. The van der Waals surface area contributed by atoms with Crippen LogP contribution in [0.15, 0.2) is 84.9 Å². The fourth-order valence-corrected chi connectivity index (χ4v) is 10.4. The van der Waals surface area contributed by atoms with Gasteiger partial charge in [0.25, 0.3) is 0 Å². The van der Waals surface area contributed by atoms with Crippen molar-refractivity contribution in [2.75, 3.05) is 26.7 Å². The molecular formula is C60H76N2O10. The number of hydrogen-bond acceptors (Lipinski definition) is 10. The second kappa shape index (κ2) is 20.0. The first-order chi connectivity index (χ1) is 35.2. The summed E-state index contributed by atoms with van der Waals surface area (Å²) in [4.78, 5) is 27.1. The van der Waals surface area contributed by atoms with Gasteiger partial charge in [0.1, 0.15) is 23.2 Å². The summed E-state index contributed by atoms with van der Waals surface area (Å²) in [5, 5.41) is 21.6. The summed E-state index contributed by atoms with van der Waals surface area (Å²) in [5.41, 5.74) is 6.66. The molecule has 2 N–H and O–H groups in total. The second-order valence-corrected chi connectivity index (χ2v) is 22.1. The van der Waals surface area contributed by atoms with Crippen molar-refractivity contribution in [1.29, 1.82) is 0 Å². The Kier molecular flexibility index (Phi) is 13.1. The van der Waals surface area contributed by atoms with E-state index in [0.29, 0.717) is 55.5 Å². The molecule has 0 spiro atoms.